The Hall–Kier alpha value is -1.74. The van der Waals surface area contributed by atoms with Crippen LogP contribution in [0.3, 0.4) is 0 Å². The zero-order valence-corrected chi connectivity index (χ0v) is 11.4. The Labute approximate surface area is 116 Å². The first-order valence-corrected chi connectivity index (χ1v) is 6.89. The monoisotopic (exact) mass is 273 g/mol. The van der Waals surface area contributed by atoms with Gasteiger partial charge in [0.15, 0.2) is 0 Å². The van der Waals surface area contributed by atoms with Crippen LogP contribution < -0.4 is 5.32 Å². The molecule has 2 atom stereocenters. The molecule has 0 amide bonds. The van der Waals surface area contributed by atoms with E-state index in [1.165, 1.54) is 0 Å². The van der Waals surface area contributed by atoms with Gasteiger partial charge in [0.2, 0.25) is 0 Å². The van der Waals surface area contributed by atoms with E-state index in [1.807, 2.05) is 12.3 Å². The molecule has 0 aliphatic carbocycles. The van der Waals surface area contributed by atoms with E-state index in [4.69, 9.17) is 5.26 Å². The lowest BCUT2D eigenvalue weighted by Crippen LogP contribution is -2.24. The highest BCUT2D eigenvalue weighted by molar-refractivity contribution is 7.09. The second kappa shape index (κ2) is 6.43. The Kier molecular flexibility index (Phi) is 4.63. The van der Waals surface area contributed by atoms with Crippen LogP contribution in [0.15, 0.2) is 35.8 Å². The predicted molar refractivity (Wildman–Crippen MR) is 74.6 cm³/mol. The number of hydrogen-bond donors (Lipinski definition) is 2. The molecule has 5 heteroatoms. The van der Waals surface area contributed by atoms with Crippen molar-refractivity contribution in [2.45, 2.75) is 19.1 Å². The van der Waals surface area contributed by atoms with Crippen LogP contribution in [-0.4, -0.2) is 16.6 Å². The van der Waals surface area contributed by atoms with Crippen LogP contribution in [0.5, 0.6) is 0 Å². The van der Waals surface area contributed by atoms with Crippen LogP contribution in [-0.2, 0) is 0 Å². The fraction of sp³-hybridized carbons (Fsp3) is 0.286. The summed E-state index contributed by atoms with van der Waals surface area (Å²) in [6, 6.07) is 9.15. The zero-order chi connectivity index (χ0) is 13.7. The summed E-state index contributed by atoms with van der Waals surface area (Å²) in [6.45, 7) is 2.47. The first-order valence-electron chi connectivity index (χ1n) is 6.01. The van der Waals surface area contributed by atoms with Crippen LogP contribution in [0.2, 0.25) is 0 Å². The maximum atomic E-state index is 10.1. The molecule has 0 radical (unpaired) electrons. The second-order valence-electron chi connectivity index (χ2n) is 4.25. The lowest BCUT2D eigenvalue weighted by Gasteiger charge is -2.15. The van der Waals surface area contributed by atoms with Gasteiger partial charge in [0.05, 0.1) is 23.8 Å². The Morgan fingerprint density at radius 1 is 1.42 bits per heavy atom. The van der Waals surface area contributed by atoms with E-state index in [-0.39, 0.29) is 6.04 Å². The maximum Gasteiger partial charge on any atom is 0.109 e. The molecule has 19 heavy (non-hydrogen) atoms. The maximum absolute atomic E-state index is 10.1. The summed E-state index contributed by atoms with van der Waals surface area (Å²) < 4.78 is 0. The standard InChI is InChI=1S/C14H15N3OS/c1-10(14-16-6-7-19-14)17-9-13(18)12-4-2-11(8-15)3-5-12/h2-7,10,13,17-18H,9H2,1H3. The number of nitrogens with one attached hydrogen (secondary N) is 1. The number of thiazole rings is 1. The van der Waals surface area contributed by atoms with E-state index >= 15 is 0 Å². The SMILES string of the molecule is CC(NCC(O)c1ccc(C#N)cc1)c1nccs1. The summed E-state index contributed by atoms with van der Waals surface area (Å²) >= 11 is 1.59. The van der Waals surface area contributed by atoms with Crippen LogP contribution in [0, 0.1) is 11.3 Å². The first-order chi connectivity index (χ1) is 9.20. The van der Waals surface area contributed by atoms with Crippen LogP contribution >= 0.6 is 11.3 Å². The summed E-state index contributed by atoms with van der Waals surface area (Å²) in [7, 11) is 0. The third-order valence-electron chi connectivity index (χ3n) is 2.86. The fourth-order valence-corrected chi connectivity index (χ4v) is 2.39. The Morgan fingerprint density at radius 3 is 2.74 bits per heavy atom. The number of nitrogens with zero attached hydrogens (tertiary/aromatic N) is 2. The average Bonchev–Trinajstić information content (AvgIpc) is 2.98. The van der Waals surface area contributed by atoms with E-state index < -0.39 is 6.10 Å². The first kappa shape index (κ1) is 13.7. The highest BCUT2D eigenvalue weighted by Crippen LogP contribution is 2.17. The van der Waals surface area contributed by atoms with Gasteiger partial charge in [-0.3, -0.25) is 0 Å². The summed E-state index contributed by atoms with van der Waals surface area (Å²) in [5.74, 6) is 0. The van der Waals surface area contributed by atoms with Gasteiger partial charge in [0.1, 0.15) is 5.01 Å². The number of aromatic nitrogens is 1. The molecule has 0 spiro atoms. The highest BCUT2D eigenvalue weighted by atomic mass is 32.1. The van der Waals surface area contributed by atoms with Gasteiger partial charge in [-0.25, -0.2) is 4.98 Å². The molecule has 0 saturated carbocycles. The molecular weight excluding hydrogens is 258 g/mol. The van der Waals surface area contributed by atoms with E-state index in [2.05, 4.69) is 16.4 Å². The third-order valence-corrected chi connectivity index (χ3v) is 3.82. The molecule has 0 aliphatic heterocycles. The van der Waals surface area contributed by atoms with Gasteiger partial charge in [-0.15, -0.1) is 11.3 Å². The second-order valence-corrected chi connectivity index (χ2v) is 5.18. The molecule has 4 nitrogen and oxygen atoms in total. The predicted octanol–water partition coefficient (Wildman–Crippen LogP) is 2.40. The Morgan fingerprint density at radius 2 is 2.16 bits per heavy atom. The molecule has 1 heterocycles. The van der Waals surface area contributed by atoms with Crippen molar-refractivity contribution in [2.75, 3.05) is 6.54 Å². The lowest BCUT2D eigenvalue weighted by molar-refractivity contribution is 0.171. The van der Waals surface area contributed by atoms with Gasteiger partial charge >= 0.3 is 0 Å². The van der Waals surface area contributed by atoms with Crippen molar-refractivity contribution in [1.29, 1.82) is 5.26 Å². The minimum atomic E-state index is -0.588. The molecule has 0 aliphatic rings. The quantitative estimate of drug-likeness (QED) is 0.877. The fourth-order valence-electron chi connectivity index (χ4n) is 1.72. The van der Waals surface area contributed by atoms with Crippen LogP contribution in [0.1, 0.15) is 35.2 Å². The Bertz CT molecular complexity index is 545. The zero-order valence-electron chi connectivity index (χ0n) is 10.6. The number of hydrogen-bond acceptors (Lipinski definition) is 5. The van der Waals surface area contributed by atoms with Gasteiger partial charge in [-0.1, -0.05) is 12.1 Å². The number of nitriles is 1. The van der Waals surface area contributed by atoms with Gasteiger partial charge in [0.25, 0.3) is 0 Å². The number of benzene rings is 1. The summed E-state index contributed by atoms with van der Waals surface area (Å²) in [6.07, 6.45) is 1.19. The molecule has 2 aromatic rings. The van der Waals surface area contributed by atoms with Crippen molar-refractivity contribution >= 4 is 11.3 Å². The third kappa shape index (κ3) is 3.61. The molecule has 2 N–H and O–H groups in total. The minimum Gasteiger partial charge on any atom is -0.387 e. The van der Waals surface area contributed by atoms with E-state index in [9.17, 15) is 5.11 Å². The molecule has 0 saturated heterocycles. The topological polar surface area (TPSA) is 68.9 Å². The Balaban J connectivity index is 1.90. The normalized spacial score (nSPS) is 13.7. The molecule has 98 valence electrons. The van der Waals surface area contributed by atoms with Crippen molar-refractivity contribution in [3.05, 3.63) is 52.0 Å². The molecule has 0 fully saturated rings. The van der Waals surface area contributed by atoms with Crippen molar-refractivity contribution in [3.63, 3.8) is 0 Å². The van der Waals surface area contributed by atoms with Crippen molar-refractivity contribution in [3.8, 4) is 6.07 Å². The van der Waals surface area contributed by atoms with Gasteiger partial charge in [0, 0.05) is 18.1 Å². The number of rotatable bonds is 5. The largest absolute Gasteiger partial charge is 0.387 e. The number of aliphatic hydroxyl groups is 1. The van der Waals surface area contributed by atoms with Gasteiger partial charge in [-0.2, -0.15) is 5.26 Å². The van der Waals surface area contributed by atoms with Crippen molar-refractivity contribution in [1.82, 2.24) is 10.3 Å². The molecule has 2 unspecified atom stereocenters. The van der Waals surface area contributed by atoms with E-state index in [1.54, 1.807) is 41.8 Å². The van der Waals surface area contributed by atoms with Crippen LogP contribution in [0.25, 0.3) is 0 Å². The average molecular weight is 273 g/mol. The van der Waals surface area contributed by atoms with E-state index in [0.717, 1.165) is 10.6 Å². The summed E-state index contributed by atoms with van der Waals surface area (Å²) in [5, 5.41) is 25.0. The number of aliphatic hydroxyl groups excluding tert-OH is 1. The van der Waals surface area contributed by atoms with Crippen molar-refractivity contribution in [2.24, 2.45) is 0 Å². The van der Waals surface area contributed by atoms with Crippen molar-refractivity contribution < 1.29 is 5.11 Å². The van der Waals surface area contributed by atoms with E-state index in [0.29, 0.717) is 12.1 Å². The minimum absolute atomic E-state index is 0.119. The molecule has 2 rings (SSSR count). The smallest absolute Gasteiger partial charge is 0.109 e. The van der Waals surface area contributed by atoms with Crippen LogP contribution in [0.4, 0.5) is 0 Å². The summed E-state index contributed by atoms with van der Waals surface area (Å²) in [5.41, 5.74) is 1.40. The lowest BCUT2D eigenvalue weighted by atomic mass is 10.1. The van der Waals surface area contributed by atoms with Gasteiger partial charge < -0.3 is 10.4 Å². The highest BCUT2D eigenvalue weighted by Gasteiger charge is 2.11. The molecule has 1 aromatic heterocycles. The summed E-state index contributed by atoms with van der Waals surface area (Å²) in [4.78, 5) is 4.23. The molecule has 0 bridgehead atoms. The molecule has 1 aromatic carbocycles. The molecular formula is C14H15N3OS. The van der Waals surface area contributed by atoms with Gasteiger partial charge in [-0.05, 0) is 24.6 Å².